The fraction of sp³-hybridized carbons (Fsp3) is 0.286. The van der Waals surface area contributed by atoms with Gasteiger partial charge < -0.3 is 10.1 Å². The molecule has 3 amide bonds. The maximum absolute atomic E-state index is 12.2. The zero-order valence-electron chi connectivity index (χ0n) is 16.3. The van der Waals surface area contributed by atoms with E-state index in [-0.39, 0.29) is 18.7 Å². The van der Waals surface area contributed by atoms with E-state index in [0.29, 0.717) is 22.9 Å². The molecule has 0 radical (unpaired) electrons. The number of benzene rings is 2. The topological polar surface area (TPSA) is 96.5 Å². The summed E-state index contributed by atoms with van der Waals surface area (Å²) in [5, 5.41) is 3.04. The first kappa shape index (κ1) is 22.2. The third-order valence-electron chi connectivity index (χ3n) is 4.01. The Balaban J connectivity index is 1.74. The molecule has 0 heterocycles. The molecule has 0 saturated heterocycles. The van der Waals surface area contributed by atoms with Gasteiger partial charge in [-0.3, -0.25) is 25.2 Å². The average Bonchev–Trinajstić information content (AvgIpc) is 2.71. The van der Waals surface area contributed by atoms with Crippen molar-refractivity contribution in [1.29, 1.82) is 0 Å². The maximum Gasteiger partial charge on any atom is 0.279 e. The minimum atomic E-state index is -0.749. The highest BCUT2D eigenvalue weighted by atomic mass is 35.5. The molecule has 0 spiro atoms. The minimum Gasteiger partial charge on any atom is -0.481 e. The Morgan fingerprint density at radius 1 is 0.966 bits per heavy atom. The Morgan fingerprint density at radius 2 is 1.62 bits per heavy atom. The Labute approximate surface area is 174 Å². The number of ether oxygens (including phenoxy) is 1. The van der Waals surface area contributed by atoms with Crippen molar-refractivity contribution in [2.24, 2.45) is 0 Å². The molecular weight excluding hydrogens is 394 g/mol. The summed E-state index contributed by atoms with van der Waals surface area (Å²) < 4.78 is 5.65. The summed E-state index contributed by atoms with van der Waals surface area (Å²) in [4.78, 5) is 36.1. The van der Waals surface area contributed by atoms with E-state index in [4.69, 9.17) is 16.3 Å². The number of carbonyl (C=O) groups is 3. The number of halogens is 1. The maximum atomic E-state index is 12.2. The lowest BCUT2D eigenvalue weighted by Crippen LogP contribution is -2.48. The summed E-state index contributed by atoms with van der Waals surface area (Å²) in [6, 6.07) is 14.1. The van der Waals surface area contributed by atoms with Crippen molar-refractivity contribution in [1.82, 2.24) is 10.9 Å². The number of hydrogen-bond donors (Lipinski definition) is 3. The molecule has 1 atom stereocenters. The van der Waals surface area contributed by atoms with Gasteiger partial charge in [0.1, 0.15) is 5.75 Å². The van der Waals surface area contributed by atoms with Crippen LogP contribution >= 0.6 is 11.6 Å². The fourth-order valence-electron chi connectivity index (χ4n) is 2.38. The van der Waals surface area contributed by atoms with Crippen molar-refractivity contribution >= 4 is 35.0 Å². The Hall–Kier alpha value is -3.06. The summed E-state index contributed by atoms with van der Waals surface area (Å²) in [6.07, 6.45) is -0.465. The second-order valence-electron chi connectivity index (χ2n) is 6.39. The molecule has 3 N–H and O–H groups in total. The van der Waals surface area contributed by atoms with Crippen molar-refractivity contribution < 1.29 is 19.1 Å². The van der Waals surface area contributed by atoms with Gasteiger partial charge >= 0.3 is 0 Å². The zero-order chi connectivity index (χ0) is 21.2. The molecule has 2 aromatic rings. The standard InChI is InChI=1S/C21H24ClN3O4/c1-3-18(29-15-10-8-14(2)9-11-15)21(28)25-24-20(27)13-12-19(26)23-17-7-5-4-6-16(17)22/h4-11,18H,3,12-13H2,1-2H3,(H,23,26)(H,24,27)(H,25,28). The highest BCUT2D eigenvalue weighted by Crippen LogP contribution is 2.20. The van der Waals surface area contributed by atoms with Crippen molar-refractivity contribution in [3.8, 4) is 5.75 Å². The molecule has 2 rings (SSSR count). The number of hydrogen-bond acceptors (Lipinski definition) is 4. The SMILES string of the molecule is CCC(Oc1ccc(C)cc1)C(=O)NNC(=O)CCC(=O)Nc1ccccc1Cl. The largest absolute Gasteiger partial charge is 0.481 e. The molecule has 29 heavy (non-hydrogen) atoms. The quantitative estimate of drug-likeness (QED) is 0.573. The van der Waals surface area contributed by atoms with E-state index in [9.17, 15) is 14.4 Å². The lowest BCUT2D eigenvalue weighted by Gasteiger charge is -2.17. The normalized spacial score (nSPS) is 11.3. The Kier molecular flexibility index (Phi) is 8.48. The molecule has 154 valence electrons. The van der Waals surface area contributed by atoms with E-state index in [0.717, 1.165) is 5.56 Å². The van der Waals surface area contributed by atoms with Gasteiger partial charge in [0.05, 0.1) is 10.7 Å². The number of hydrazine groups is 1. The third-order valence-corrected chi connectivity index (χ3v) is 4.34. The number of carbonyl (C=O) groups excluding carboxylic acids is 3. The summed E-state index contributed by atoms with van der Waals surface area (Å²) in [7, 11) is 0. The monoisotopic (exact) mass is 417 g/mol. The van der Waals surface area contributed by atoms with Crippen LogP contribution < -0.4 is 20.9 Å². The summed E-state index contributed by atoms with van der Waals surface area (Å²) in [5.74, 6) is -0.742. The first-order valence-corrected chi connectivity index (χ1v) is 9.63. The molecule has 2 aromatic carbocycles. The van der Waals surface area contributed by atoms with Crippen LogP contribution in [-0.4, -0.2) is 23.8 Å². The van der Waals surface area contributed by atoms with Gasteiger partial charge in [0.2, 0.25) is 11.8 Å². The number of amides is 3. The molecule has 0 aliphatic carbocycles. The van der Waals surface area contributed by atoms with Crippen LogP contribution in [0.2, 0.25) is 5.02 Å². The molecule has 0 bridgehead atoms. The van der Waals surface area contributed by atoms with Crippen LogP contribution in [0.4, 0.5) is 5.69 Å². The average molecular weight is 418 g/mol. The van der Waals surface area contributed by atoms with Gasteiger partial charge in [-0.05, 0) is 37.6 Å². The van der Waals surface area contributed by atoms with Crippen molar-refractivity contribution in [2.45, 2.75) is 39.2 Å². The van der Waals surface area contributed by atoms with Crippen LogP contribution in [0, 0.1) is 6.92 Å². The second kappa shape index (κ2) is 11.1. The number of aryl methyl sites for hydroxylation is 1. The van der Waals surface area contributed by atoms with E-state index in [1.807, 2.05) is 19.1 Å². The van der Waals surface area contributed by atoms with Crippen LogP contribution in [0.3, 0.4) is 0 Å². The van der Waals surface area contributed by atoms with Gasteiger partial charge in [0.25, 0.3) is 5.91 Å². The lowest BCUT2D eigenvalue weighted by atomic mass is 10.2. The molecule has 1 unspecified atom stereocenters. The Bertz CT molecular complexity index is 855. The van der Waals surface area contributed by atoms with Crippen LogP contribution in [0.15, 0.2) is 48.5 Å². The highest BCUT2D eigenvalue weighted by molar-refractivity contribution is 6.33. The summed E-state index contributed by atoms with van der Waals surface area (Å²) in [6.45, 7) is 3.76. The van der Waals surface area contributed by atoms with Gasteiger partial charge in [-0.2, -0.15) is 0 Å². The number of rotatable bonds is 8. The van der Waals surface area contributed by atoms with Gasteiger partial charge in [0.15, 0.2) is 6.10 Å². The number of anilines is 1. The van der Waals surface area contributed by atoms with E-state index in [1.54, 1.807) is 43.3 Å². The van der Waals surface area contributed by atoms with E-state index in [2.05, 4.69) is 16.2 Å². The zero-order valence-corrected chi connectivity index (χ0v) is 17.1. The predicted molar refractivity (Wildman–Crippen MR) is 111 cm³/mol. The third kappa shape index (κ3) is 7.46. The van der Waals surface area contributed by atoms with Crippen molar-refractivity contribution in [3.63, 3.8) is 0 Å². The van der Waals surface area contributed by atoms with Crippen LogP contribution in [0.25, 0.3) is 0 Å². The molecule has 7 nitrogen and oxygen atoms in total. The molecular formula is C21H24ClN3O4. The number of nitrogens with one attached hydrogen (secondary N) is 3. The second-order valence-corrected chi connectivity index (χ2v) is 6.80. The van der Waals surface area contributed by atoms with E-state index < -0.39 is 17.9 Å². The van der Waals surface area contributed by atoms with Gasteiger partial charge in [-0.1, -0.05) is 48.4 Å². The van der Waals surface area contributed by atoms with Crippen molar-refractivity contribution in [2.75, 3.05) is 5.32 Å². The van der Waals surface area contributed by atoms with Crippen molar-refractivity contribution in [3.05, 3.63) is 59.1 Å². The highest BCUT2D eigenvalue weighted by Gasteiger charge is 2.19. The van der Waals surface area contributed by atoms with E-state index >= 15 is 0 Å². The summed E-state index contributed by atoms with van der Waals surface area (Å²) in [5.41, 5.74) is 6.19. The molecule has 0 saturated carbocycles. The van der Waals surface area contributed by atoms with Crippen LogP contribution in [0.1, 0.15) is 31.7 Å². The first-order chi connectivity index (χ1) is 13.9. The van der Waals surface area contributed by atoms with Crippen LogP contribution in [0.5, 0.6) is 5.75 Å². The molecule has 0 aliphatic rings. The lowest BCUT2D eigenvalue weighted by molar-refractivity contribution is -0.133. The van der Waals surface area contributed by atoms with Gasteiger partial charge in [0, 0.05) is 12.8 Å². The van der Waals surface area contributed by atoms with Gasteiger partial charge in [-0.15, -0.1) is 0 Å². The van der Waals surface area contributed by atoms with Gasteiger partial charge in [-0.25, -0.2) is 0 Å². The van der Waals surface area contributed by atoms with Crippen LogP contribution in [-0.2, 0) is 14.4 Å². The number of para-hydroxylation sites is 1. The Morgan fingerprint density at radius 3 is 2.28 bits per heavy atom. The predicted octanol–water partition coefficient (Wildman–Crippen LogP) is 3.37. The van der Waals surface area contributed by atoms with E-state index in [1.165, 1.54) is 0 Å². The smallest absolute Gasteiger partial charge is 0.279 e. The molecule has 0 aromatic heterocycles. The first-order valence-electron chi connectivity index (χ1n) is 9.25. The molecule has 0 fully saturated rings. The fourth-order valence-corrected chi connectivity index (χ4v) is 2.56. The minimum absolute atomic E-state index is 0.0516. The summed E-state index contributed by atoms with van der Waals surface area (Å²) >= 11 is 5.97. The molecule has 8 heteroatoms. The molecule has 0 aliphatic heterocycles.